The van der Waals surface area contributed by atoms with Crippen LogP contribution in [0.2, 0.25) is 0 Å². The molecule has 1 amide bonds. The first-order valence-electron chi connectivity index (χ1n) is 9.90. The van der Waals surface area contributed by atoms with Crippen LogP contribution in [0.4, 0.5) is 0 Å². The number of aryl methyl sites for hydroxylation is 1. The van der Waals surface area contributed by atoms with Gasteiger partial charge in [0, 0.05) is 17.4 Å². The summed E-state index contributed by atoms with van der Waals surface area (Å²) in [5.74, 6) is 0.490. The van der Waals surface area contributed by atoms with Gasteiger partial charge in [0.15, 0.2) is 6.61 Å². The SMILES string of the molecule is C[C@H](NC(=O)COC(=O)CCc1nc(-c2ccccc2)no1)c1cc2ccccc2o1. The topological polar surface area (TPSA) is 107 Å². The van der Waals surface area contributed by atoms with Gasteiger partial charge in [0.2, 0.25) is 11.7 Å². The summed E-state index contributed by atoms with van der Waals surface area (Å²) in [6.07, 6.45) is 0.262. The Morgan fingerprint density at radius 1 is 1.10 bits per heavy atom. The zero-order valence-corrected chi connectivity index (χ0v) is 16.9. The van der Waals surface area contributed by atoms with E-state index in [4.69, 9.17) is 13.7 Å². The molecule has 1 atom stereocenters. The number of furan rings is 1. The van der Waals surface area contributed by atoms with Gasteiger partial charge >= 0.3 is 5.97 Å². The molecule has 0 radical (unpaired) electrons. The third-order valence-electron chi connectivity index (χ3n) is 4.66. The quantitative estimate of drug-likeness (QED) is 0.432. The molecule has 0 aliphatic heterocycles. The molecule has 0 bridgehead atoms. The molecule has 0 fully saturated rings. The van der Waals surface area contributed by atoms with Gasteiger partial charge in [-0.2, -0.15) is 4.98 Å². The summed E-state index contributed by atoms with van der Waals surface area (Å²) in [6, 6.07) is 18.5. The fourth-order valence-corrected chi connectivity index (χ4v) is 3.06. The molecule has 8 heteroatoms. The number of rotatable bonds is 8. The number of ether oxygens (including phenoxy) is 1. The van der Waals surface area contributed by atoms with E-state index in [1.54, 1.807) is 6.92 Å². The second-order valence-corrected chi connectivity index (χ2v) is 7.01. The molecule has 0 aliphatic carbocycles. The molecule has 158 valence electrons. The molecule has 0 unspecified atom stereocenters. The van der Waals surface area contributed by atoms with E-state index in [1.807, 2.05) is 60.7 Å². The molecule has 8 nitrogen and oxygen atoms in total. The highest BCUT2D eigenvalue weighted by molar-refractivity contribution is 5.81. The standard InChI is InChI=1S/C23H21N3O5/c1-15(19-13-17-9-5-6-10-18(17)30-19)24-20(27)14-29-22(28)12-11-21-25-23(26-31-21)16-7-3-2-4-8-16/h2-10,13,15H,11-12,14H2,1H3,(H,24,27)/t15-/m0/s1. The summed E-state index contributed by atoms with van der Waals surface area (Å²) in [4.78, 5) is 28.3. The lowest BCUT2D eigenvalue weighted by atomic mass is 10.2. The molecule has 4 rings (SSSR count). The molecule has 31 heavy (non-hydrogen) atoms. The zero-order chi connectivity index (χ0) is 21.6. The fourth-order valence-electron chi connectivity index (χ4n) is 3.06. The van der Waals surface area contributed by atoms with E-state index in [2.05, 4.69) is 15.5 Å². The van der Waals surface area contributed by atoms with Crippen LogP contribution in [0, 0.1) is 0 Å². The number of para-hydroxylation sites is 1. The molecule has 0 aliphatic rings. The number of hydrogen-bond donors (Lipinski definition) is 1. The smallest absolute Gasteiger partial charge is 0.306 e. The van der Waals surface area contributed by atoms with Crippen LogP contribution >= 0.6 is 0 Å². The third kappa shape index (κ3) is 5.16. The Labute approximate surface area is 178 Å². The first-order chi connectivity index (χ1) is 15.1. The van der Waals surface area contributed by atoms with Gasteiger partial charge in [-0.1, -0.05) is 53.7 Å². The highest BCUT2D eigenvalue weighted by atomic mass is 16.5. The lowest BCUT2D eigenvalue weighted by molar-refractivity contribution is -0.148. The summed E-state index contributed by atoms with van der Waals surface area (Å²) in [5, 5.41) is 7.62. The van der Waals surface area contributed by atoms with E-state index in [-0.39, 0.29) is 25.5 Å². The van der Waals surface area contributed by atoms with Gasteiger partial charge < -0.3 is 19.0 Å². The number of esters is 1. The number of nitrogens with one attached hydrogen (secondary N) is 1. The Kier molecular flexibility index (Phi) is 6.07. The molecular weight excluding hydrogens is 398 g/mol. The van der Waals surface area contributed by atoms with Crippen LogP contribution in [-0.2, 0) is 20.7 Å². The van der Waals surface area contributed by atoms with Crippen molar-refractivity contribution in [2.75, 3.05) is 6.61 Å². The second-order valence-electron chi connectivity index (χ2n) is 7.01. The number of benzene rings is 2. The van der Waals surface area contributed by atoms with E-state index < -0.39 is 11.9 Å². The summed E-state index contributed by atoms with van der Waals surface area (Å²) in [6.45, 7) is 1.43. The largest absolute Gasteiger partial charge is 0.459 e. The van der Waals surface area contributed by atoms with Gasteiger partial charge in [-0.25, -0.2) is 0 Å². The Bertz CT molecular complexity index is 1150. The number of fused-ring (bicyclic) bond motifs is 1. The van der Waals surface area contributed by atoms with Crippen molar-refractivity contribution in [2.24, 2.45) is 0 Å². The van der Waals surface area contributed by atoms with Crippen molar-refractivity contribution in [2.45, 2.75) is 25.8 Å². The average molecular weight is 419 g/mol. The maximum atomic E-state index is 12.1. The van der Waals surface area contributed by atoms with Crippen LogP contribution in [0.25, 0.3) is 22.4 Å². The highest BCUT2D eigenvalue weighted by Gasteiger charge is 2.16. The predicted molar refractivity (Wildman–Crippen MR) is 112 cm³/mol. The Hall–Kier alpha value is -3.94. The minimum Gasteiger partial charge on any atom is -0.459 e. The van der Waals surface area contributed by atoms with Crippen molar-refractivity contribution in [1.82, 2.24) is 15.5 Å². The average Bonchev–Trinajstić information content (AvgIpc) is 3.44. The number of aromatic nitrogens is 2. The first kappa shape index (κ1) is 20.3. The Morgan fingerprint density at radius 3 is 2.68 bits per heavy atom. The summed E-state index contributed by atoms with van der Waals surface area (Å²) in [7, 11) is 0. The van der Waals surface area contributed by atoms with Crippen LogP contribution in [0.3, 0.4) is 0 Å². The predicted octanol–water partition coefficient (Wildman–Crippen LogP) is 3.84. The zero-order valence-electron chi connectivity index (χ0n) is 16.9. The third-order valence-corrected chi connectivity index (χ3v) is 4.66. The molecule has 0 saturated heterocycles. The van der Waals surface area contributed by atoms with Gasteiger partial charge in [-0.05, 0) is 19.1 Å². The number of carbonyl (C=O) groups excluding carboxylic acids is 2. The molecule has 4 aromatic rings. The van der Waals surface area contributed by atoms with Crippen LogP contribution in [0.15, 0.2) is 69.6 Å². The maximum Gasteiger partial charge on any atom is 0.306 e. The van der Waals surface area contributed by atoms with Gasteiger partial charge in [-0.3, -0.25) is 9.59 Å². The maximum absolute atomic E-state index is 12.1. The number of nitrogens with zero attached hydrogens (tertiary/aromatic N) is 2. The van der Waals surface area contributed by atoms with Crippen molar-refractivity contribution >= 4 is 22.8 Å². The summed E-state index contributed by atoms with van der Waals surface area (Å²) < 4.78 is 15.9. The van der Waals surface area contributed by atoms with E-state index in [0.717, 1.165) is 16.5 Å². The number of carbonyl (C=O) groups is 2. The van der Waals surface area contributed by atoms with Crippen molar-refractivity contribution in [3.8, 4) is 11.4 Å². The monoisotopic (exact) mass is 419 g/mol. The Balaban J connectivity index is 1.21. The molecule has 2 aromatic heterocycles. The van der Waals surface area contributed by atoms with Crippen LogP contribution in [-0.4, -0.2) is 28.6 Å². The highest BCUT2D eigenvalue weighted by Crippen LogP contribution is 2.23. The summed E-state index contributed by atoms with van der Waals surface area (Å²) >= 11 is 0. The molecular formula is C23H21N3O5. The molecule has 2 heterocycles. The first-order valence-corrected chi connectivity index (χ1v) is 9.90. The van der Waals surface area contributed by atoms with Crippen molar-refractivity contribution < 1.29 is 23.3 Å². The van der Waals surface area contributed by atoms with Gasteiger partial charge in [0.25, 0.3) is 5.91 Å². The van der Waals surface area contributed by atoms with E-state index in [0.29, 0.717) is 17.5 Å². The van der Waals surface area contributed by atoms with E-state index in [9.17, 15) is 9.59 Å². The lowest BCUT2D eigenvalue weighted by Gasteiger charge is -2.11. The van der Waals surface area contributed by atoms with E-state index >= 15 is 0 Å². The molecule has 0 saturated carbocycles. The second kappa shape index (κ2) is 9.25. The van der Waals surface area contributed by atoms with Gasteiger partial charge in [0.05, 0.1) is 12.5 Å². The van der Waals surface area contributed by atoms with Crippen LogP contribution in [0.5, 0.6) is 0 Å². The molecule has 2 aromatic carbocycles. The molecule has 1 N–H and O–H groups in total. The van der Waals surface area contributed by atoms with Crippen LogP contribution < -0.4 is 5.32 Å². The van der Waals surface area contributed by atoms with Gasteiger partial charge in [-0.15, -0.1) is 0 Å². The molecule has 0 spiro atoms. The van der Waals surface area contributed by atoms with Crippen LogP contribution in [0.1, 0.15) is 31.0 Å². The fraction of sp³-hybridized carbons (Fsp3) is 0.217. The summed E-state index contributed by atoms with van der Waals surface area (Å²) in [5.41, 5.74) is 1.58. The number of amides is 1. The van der Waals surface area contributed by atoms with Crippen molar-refractivity contribution in [1.29, 1.82) is 0 Å². The minimum atomic E-state index is -0.522. The van der Waals surface area contributed by atoms with Crippen molar-refractivity contribution in [3.63, 3.8) is 0 Å². The Morgan fingerprint density at radius 2 is 1.87 bits per heavy atom. The van der Waals surface area contributed by atoms with Gasteiger partial charge in [0.1, 0.15) is 11.3 Å². The normalized spacial score (nSPS) is 11.9. The lowest BCUT2D eigenvalue weighted by Crippen LogP contribution is -2.31. The number of hydrogen-bond acceptors (Lipinski definition) is 7. The van der Waals surface area contributed by atoms with Crippen molar-refractivity contribution in [3.05, 3.63) is 72.3 Å². The van der Waals surface area contributed by atoms with E-state index in [1.165, 1.54) is 0 Å². The minimum absolute atomic E-state index is 0.0306.